The Morgan fingerprint density at radius 2 is 1.41 bits per heavy atom. The van der Waals surface area contributed by atoms with E-state index in [9.17, 15) is 4.79 Å². The lowest BCUT2D eigenvalue weighted by atomic mass is 9.95. The molecule has 0 saturated carbocycles. The summed E-state index contributed by atoms with van der Waals surface area (Å²) in [4.78, 5) is 14.3. The fourth-order valence-corrected chi connectivity index (χ4v) is 9.67. The Morgan fingerprint density at radius 3 is 1.85 bits per heavy atom. The topological polar surface area (TPSA) is 29.5 Å². The number of carbonyl (C=O) groups is 1. The van der Waals surface area contributed by atoms with Crippen molar-refractivity contribution in [3.63, 3.8) is 0 Å². The highest BCUT2D eigenvalue weighted by molar-refractivity contribution is 6.99. The number of nitrogens with zero attached hydrogens (tertiary/aromatic N) is 1. The smallest absolute Gasteiger partial charge is 0.261 e. The quantitative estimate of drug-likeness (QED) is 0.342. The first kappa shape index (κ1) is 28.3. The second-order valence-corrected chi connectivity index (χ2v) is 15.6. The standard InChI is InChI=1S/C30H47NO2Si/c1-9-26(4)29(32)31(8)21-20-24(2)22-25(3)23-33-34(30(5,6)7,27-16-12-10-13-17-27)28-18-14-11-15-19-28/h10-19,24-26H,9,20-23H2,1-8H3/t24-,25-,26-/m1/s1. The van der Waals surface area contributed by atoms with Crippen LogP contribution in [0.1, 0.15) is 67.7 Å². The van der Waals surface area contributed by atoms with Crippen LogP contribution in [0.3, 0.4) is 0 Å². The Hall–Kier alpha value is -1.91. The van der Waals surface area contributed by atoms with Gasteiger partial charge in [-0.25, -0.2) is 0 Å². The number of hydrogen-bond donors (Lipinski definition) is 0. The minimum Gasteiger partial charge on any atom is -0.407 e. The van der Waals surface area contributed by atoms with Crippen LogP contribution >= 0.6 is 0 Å². The van der Waals surface area contributed by atoms with Crippen molar-refractivity contribution in [2.24, 2.45) is 17.8 Å². The van der Waals surface area contributed by atoms with Crippen molar-refractivity contribution in [1.82, 2.24) is 4.90 Å². The Morgan fingerprint density at radius 1 is 0.912 bits per heavy atom. The Bertz CT molecular complexity index is 823. The molecule has 0 unspecified atom stereocenters. The molecule has 3 atom stereocenters. The van der Waals surface area contributed by atoms with E-state index in [2.05, 4.69) is 102 Å². The molecule has 0 saturated heterocycles. The summed E-state index contributed by atoms with van der Waals surface area (Å²) in [5.74, 6) is 1.37. The van der Waals surface area contributed by atoms with Crippen molar-refractivity contribution >= 4 is 24.6 Å². The van der Waals surface area contributed by atoms with E-state index in [4.69, 9.17) is 4.43 Å². The van der Waals surface area contributed by atoms with E-state index in [0.717, 1.165) is 32.4 Å². The van der Waals surface area contributed by atoms with Crippen LogP contribution in [0.25, 0.3) is 0 Å². The van der Waals surface area contributed by atoms with Crippen LogP contribution in [0.2, 0.25) is 5.04 Å². The summed E-state index contributed by atoms with van der Waals surface area (Å²) >= 11 is 0. The summed E-state index contributed by atoms with van der Waals surface area (Å²) in [5.41, 5.74) is 0. The summed E-state index contributed by atoms with van der Waals surface area (Å²) in [6.07, 6.45) is 3.03. The molecule has 0 fully saturated rings. The largest absolute Gasteiger partial charge is 0.407 e. The van der Waals surface area contributed by atoms with Crippen LogP contribution in [0, 0.1) is 17.8 Å². The van der Waals surface area contributed by atoms with Gasteiger partial charge < -0.3 is 9.33 Å². The molecule has 34 heavy (non-hydrogen) atoms. The molecule has 3 nitrogen and oxygen atoms in total. The van der Waals surface area contributed by atoms with E-state index in [-0.39, 0.29) is 16.9 Å². The van der Waals surface area contributed by atoms with Gasteiger partial charge in [-0.2, -0.15) is 0 Å². The van der Waals surface area contributed by atoms with Gasteiger partial charge in [0.25, 0.3) is 8.32 Å². The molecule has 0 aromatic heterocycles. The van der Waals surface area contributed by atoms with E-state index in [1.54, 1.807) is 0 Å². The van der Waals surface area contributed by atoms with E-state index < -0.39 is 8.32 Å². The molecule has 1 amide bonds. The summed E-state index contributed by atoms with van der Waals surface area (Å²) < 4.78 is 7.11. The van der Waals surface area contributed by atoms with Crippen molar-refractivity contribution in [2.45, 2.75) is 72.8 Å². The third-order valence-corrected chi connectivity index (χ3v) is 12.2. The highest BCUT2D eigenvalue weighted by Gasteiger charge is 2.50. The average Bonchev–Trinajstić information content (AvgIpc) is 2.82. The monoisotopic (exact) mass is 481 g/mol. The molecule has 0 aliphatic heterocycles. The highest BCUT2D eigenvalue weighted by Crippen LogP contribution is 2.37. The summed E-state index contributed by atoms with van der Waals surface area (Å²) in [6.45, 7) is 17.3. The fourth-order valence-electron chi connectivity index (χ4n) is 4.98. The minimum absolute atomic E-state index is 0.0000866. The second-order valence-electron chi connectivity index (χ2n) is 11.3. The van der Waals surface area contributed by atoms with Crippen LogP contribution in [0.5, 0.6) is 0 Å². The van der Waals surface area contributed by atoms with Crippen LogP contribution in [0.4, 0.5) is 0 Å². The summed E-state index contributed by atoms with van der Waals surface area (Å²) in [7, 11) is -0.543. The first-order valence-corrected chi connectivity index (χ1v) is 14.9. The van der Waals surface area contributed by atoms with E-state index in [1.807, 2.05) is 18.9 Å². The lowest BCUT2D eigenvalue weighted by Gasteiger charge is -2.43. The molecule has 0 aliphatic rings. The van der Waals surface area contributed by atoms with Crippen LogP contribution in [-0.4, -0.2) is 39.3 Å². The molecule has 2 aromatic carbocycles. The van der Waals surface area contributed by atoms with E-state index in [1.165, 1.54) is 10.4 Å². The molecular formula is C30H47NO2Si. The van der Waals surface area contributed by atoms with Gasteiger partial charge in [0, 0.05) is 26.1 Å². The normalized spacial score (nSPS) is 14.9. The number of amides is 1. The molecule has 0 N–H and O–H groups in total. The van der Waals surface area contributed by atoms with Gasteiger partial charge in [-0.1, -0.05) is 109 Å². The maximum absolute atomic E-state index is 12.4. The number of rotatable bonds is 12. The Labute approximate surface area is 210 Å². The molecule has 0 aliphatic carbocycles. The first-order valence-electron chi connectivity index (χ1n) is 13.0. The van der Waals surface area contributed by atoms with Gasteiger partial charge in [-0.15, -0.1) is 0 Å². The molecule has 0 radical (unpaired) electrons. The zero-order valence-corrected chi connectivity index (χ0v) is 23.8. The molecule has 0 bridgehead atoms. The van der Waals surface area contributed by atoms with Crippen molar-refractivity contribution in [3.05, 3.63) is 60.7 Å². The van der Waals surface area contributed by atoms with Gasteiger partial charge in [0.1, 0.15) is 0 Å². The molecule has 4 heteroatoms. The van der Waals surface area contributed by atoms with Gasteiger partial charge in [0.15, 0.2) is 0 Å². The van der Waals surface area contributed by atoms with Crippen LogP contribution in [0.15, 0.2) is 60.7 Å². The molecular weight excluding hydrogens is 434 g/mol. The lowest BCUT2D eigenvalue weighted by Crippen LogP contribution is -2.66. The molecule has 2 aromatic rings. The lowest BCUT2D eigenvalue weighted by molar-refractivity contribution is -0.133. The molecule has 0 heterocycles. The van der Waals surface area contributed by atoms with Gasteiger partial charge in [-0.05, 0) is 46.5 Å². The summed E-state index contributed by atoms with van der Waals surface area (Å²) in [5, 5.41) is 2.67. The number of hydrogen-bond acceptors (Lipinski definition) is 2. The Balaban J connectivity index is 2.11. The van der Waals surface area contributed by atoms with Crippen molar-refractivity contribution < 1.29 is 9.22 Å². The van der Waals surface area contributed by atoms with Crippen LogP contribution in [-0.2, 0) is 9.22 Å². The molecule has 188 valence electrons. The molecule has 0 spiro atoms. The highest BCUT2D eigenvalue weighted by atomic mass is 28.4. The van der Waals surface area contributed by atoms with Gasteiger partial charge in [0.2, 0.25) is 5.91 Å². The average molecular weight is 482 g/mol. The van der Waals surface area contributed by atoms with E-state index in [0.29, 0.717) is 11.8 Å². The van der Waals surface area contributed by atoms with Crippen molar-refractivity contribution in [1.29, 1.82) is 0 Å². The predicted molar refractivity (Wildman–Crippen MR) is 148 cm³/mol. The van der Waals surface area contributed by atoms with Crippen LogP contribution < -0.4 is 10.4 Å². The maximum atomic E-state index is 12.4. The third-order valence-electron chi connectivity index (χ3n) is 7.17. The number of benzene rings is 2. The SMILES string of the molecule is CC[C@@H](C)C(=O)N(C)CC[C@@H](C)C[C@@H](C)CO[Si](c1ccccc1)(c1ccccc1)C(C)(C)C. The summed E-state index contributed by atoms with van der Waals surface area (Å²) in [6, 6.07) is 21.7. The Kier molecular flexibility index (Phi) is 10.6. The number of carbonyl (C=O) groups excluding carboxylic acids is 1. The molecule has 2 rings (SSSR count). The predicted octanol–water partition coefficient (Wildman–Crippen LogP) is 6.12. The van der Waals surface area contributed by atoms with Crippen molar-refractivity contribution in [3.8, 4) is 0 Å². The fraction of sp³-hybridized carbons (Fsp3) is 0.567. The zero-order chi connectivity index (χ0) is 25.4. The van der Waals surface area contributed by atoms with E-state index >= 15 is 0 Å². The van der Waals surface area contributed by atoms with Gasteiger partial charge in [-0.3, -0.25) is 4.79 Å². The second kappa shape index (κ2) is 12.7. The first-order chi connectivity index (χ1) is 16.0. The zero-order valence-electron chi connectivity index (χ0n) is 22.8. The van der Waals surface area contributed by atoms with Gasteiger partial charge in [0.05, 0.1) is 0 Å². The maximum Gasteiger partial charge on any atom is 0.261 e. The minimum atomic E-state index is -2.48. The third kappa shape index (κ3) is 7.05. The van der Waals surface area contributed by atoms with Gasteiger partial charge >= 0.3 is 0 Å². The van der Waals surface area contributed by atoms with Crippen molar-refractivity contribution in [2.75, 3.05) is 20.2 Å².